The molecule has 6 heteroatoms. The van der Waals surface area contributed by atoms with Crippen molar-refractivity contribution in [3.63, 3.8) is 0 Å². The van der Waals surface area contributed by atoms with Gasteiger partial charge in [-0.05, 0) is 41.1 Å². The Hall–Kier alpha value is -0.650. The van der Waals surface area contributed by atoms with E-state index in [1.807, 2.05) is 0 Å². The van der Waals surface area contributed by atoms with Crippen molar-refractivity contribution in [2.75, 3.05) is 0 Å². The number of thiocarbonyl (C=S) groups is 1. The van der Waals surface area contributed by atoms with Gasteiger partial charge in [0.1, 0.15) is 0 Å². The molecule has 16 heavy (non-hydrogen) atoms. The zero-order valence-corrected chi connectivity index (χ0v) is 11.6. The third-order valence-electron chi connectivity index (χ3n) is 1.96. The van der Waals surface area contributed by atoms with Crippen molar-refractivity contribution >= 4 is 50.6 Å². The molecule has 86 valence electrons. The monoisotopic (exact) mass is 320 g/mol. The second-order valence-electron chi connectivity index (χ2n) is 3.23. The average Bonchev–Trinajstić information content (AvgIpc) is 2.21. The summed E-state index contributed by atoms with van der Waals surface area (Å²) in [5.74, 6) is -0.255. The van der Waals surface area contributed by atoms with Crippen molar-refractivity contribution in [2.45, 2.75) is 13.0 Å². The summed E-state index contributed by atoms with van der Waals surface area (Å²) < 4.78 is 0.744. The molecule has 0 heterocycles. The van der Waals surface area contributed by atoms with Crippen LogP contribution in [-0.4, -0.2) is 16.9 Å². The fourth-order valence-electron chi connectivity index (χ4n) is 0.988. The SMILES string of the molecule is CC(NC(=O)c1ccc(Br)c(Cl)c1)C(N)=S. The Labute approximate surface area is 112 Å². The van der Waals surface area contributed by atoms with Gasteiger partial charge in [-0.25, -0.2) is 0 Å². The van der Waals surface area contributed by atoms with E-state index < -0.39 is 0 Å². The highest BCUT2D eigenvalue weighted by molar-refractivity contribution is 9.10. The number of nitrogens with one attached hydrogen (secondary N) is 1. The minimum atomic E-state index is -0.343. The maximum Gasteiger partial charge on any atom is 0.251 e. The molecule has 1 atom stereocenters. The third kappa shape index (κ3) is 3.43. The smallest absolute Gasteiger partial charge is 0.251 e. The van der Waals surface area contributed by atoms with Crippen LogP contribution in [0.5, 0.6) is 0 Å². The van der Waals surface area contributed by atoms with Crippen LogP contribution in [-0.2, 0) is 0 Å². The van der Waals surface area contributed by atoms with E-state index in [-0.39, 0.29) is 16.9 Å². The van der Waals surface area contributed by atoms with Gasteiger partial charge in [-0.3, -0.25) is 4.79 Å². The Kier molecular flexibility index (Phi) is 4.70. The second kappa shape index (κ2) is 5.61. The minimum Gasteiger partial charge on any atom is -0.392 e. The first kappa shape index (κ1) is 13.4. The van der Waals surface area contributed by atoms with E-state index in [9.17, 15) is 4.79 Å². The van der Waals surface area contributed by atoms with Crippen molar-refractivity contribution in [3.05, 3.63) is 33.3 Å². The number of carbonyl (C=O) groups excluding carboxylic acids is 1. The normalized spacial score (nSPS) is 11.9. The Morgan fingerprint density at radius 3 is 2.75 bits per heavy atom. The minimum absolute atomic E-state index is 0.247. The number of rotatable bonds is 3. The molecule has 1 unspecified atom stereocenters. The molecule has 0 fully saturated rings. The molecule has 3 N–H and O–H groups in total. The van der Waals surface area contributed by atoms with Crippen LogP contribution >= 0.6 is 39.7 Å². The zero-order valence-electron chi connectivity index (χ0n) is 8.46. The predicted molar refractivity (Wildman–Crippen MR) is 72.9 cm³/mol. The van der Waals surface area contributed by atoms with Gasteiger partial charge in [-0.15, -0.1) is 0 Å². The summed E-state index contributed by atoms with van der Waals surface area (Å²) in [5.41, 5.74) is 5.87. The van der Waals surface area contributed by atoms with Crippen molar-refractivity contribution in [2.24, 2.45) is 5.73 Å². The van der Waals surface area contributed by atoms with Crippen LogP contribution in [0.2, 0.25) is 5.02 Å². The number of halogens is 2. The van der Waals surface area contributed by atoms with Gasteiger partial charge in [-0.2, -0.15) is 0 Å². The van der Waals surface area contributed by atoms with Gasteiger partial charge in [0.25, 0.3) is 5.91 Å². The lowest BCUT2D eigenvalue weighted by molar-refractivity contribution is 0.0949. The molecule has 0 spiro atoms. The maximum atomic E-state index is 11.7. The van der Waals surface area contributed by atoms with E-state index in [0.29, 0.717) is 10.6 Å². The number of hydrogen-bond acceptors (Lipinski definition) is 2. The van der Waals surface area contributed by atoms with Crippen LogP contribution in [0, 0.1) is 0 Å². The fraction of sp³-hybridized carbons (Fsp3) is 0.200. The average molecular weight is 322 g/mol. The van der Waals surface area contributed by atoms with Crippen LogP contribution < -0.4 is 11.1 Å². The van der Waals surface area contributed by atoms with Gasteiger partial charge in [0.2, 0.25) is 0 Å². The fourth-order valence-corrected chi connectivity index (χ4v) is 1.47. The van der Waals surface area contributed by atoms with Crippen molar-refractivity contribution in [3.8, 4) is 0 Å². The largest absolute Gasteiger partial charge is 0.392 e. The van der Waals surface area contributed by atoms with Gasteiger partial charge < -0.3 is 11.1 Å². The second-order valence-corrected chi connectivity index (χ2v) is 4.96. The molecular formula is C10H10BrClN2OS. The summed E-state index contributed by atoms with van der Waals surface area (Å²) in [6.07, 6.45) is 0. The van der Waals surface area contributed by atoms with E-state index in [0.717, 1.165) is 4.47 Å². The molecule has 0 saturated carbocycles. The first-order valence-corrected chi connectivity index (χ1v) is 6.05. The van der Waals surface area contributed by atoms with E-state index in [1.165, 1.54) is 0 Å². The highest BCUT2D eigenvalue weighted by atomic mass is 79.9. The molecule has 1 aromatic rings. The quantitative estimate of drug-likeness (QED) is 0.841. The summed E-state index contributed by atoms with van der Waals surface area (Å²) in [4.78, 5) is 12.0. The first-order valence-electron chi connectivity index (χ1n) is 4.47. The van der Waals surface area contributed by atoms with Crippen LogP contribution in [0.4, 0.5) is 0 Å². The summed E-state index contributed by atoms with van der Waals surface area (Å²) >= 11 is 13.9. The number of carbonyl (C=O) groups is 1. The van der Waals surface area contributed by atoms with Crippen LogP contribution in [0.15, 0.2) is 22.7 Å². The number of benzene rings is 1. The van der Waals surface area contributed by atoms with Gasteiger partial charge >= 0.3 is 0 Å². The van der Waals surface area contributed by atoms with E-state index in [4.69, 9.17) is 29.6 Å². The van der Waals surface area contributed by atoms with Crippen molar-refractivity contribution in [1.82, 2.24) is 5.32 Å². The van der Waals surface area contributed by atoms with Gasteiger partial charge in [0.15, 0.2) is 0 Å². The molecular weight excluding hydrogens is 312 g/mol. The van der Waals surface area contributed by atoms with E-state index >= 15 is 0 Å². The Morgan fingerprint density at radius 1 is 1.62 bits per heavy atom. The summed E-state index contributed by atoms with van der Waals surface area (Å²) in [5, 5.41) is 3.15. The number of nitrogens with two attached hydrogens (primary N) is 1. The number of amides is 1. The molecule has 0 aromatic heterocycles. The Balaban J connectivity index is 2.81. The predicted octanol–water partition coefficient (Wildman–Crippen LogP) is 2.51. The molecule has 0 aliphatic rings. The Bertz CT molecular complexity index is 439. The molecule has 0 saturated heterocycles. The van der Waals surface area contributed by atoms with E-state index in [1.54, 1.807) is 25.1 Å². The molecule has 1 aromatic carbocycles. The Morgan fingerprint density at radius 2 is 2.25 bits per heavy atom. The standard InChI is InChI=1S/C10H10BrClN2OS/c1-5(9(13)16)14-10(15)6-2-3-7(11)8(12)4-6/h2-5H,1H3,(H2,13,16)(H,14,15). The van der Waals surface area contributed by atoms with Gasteiger partial charge in [0, 0.05) is 10.0 Å². The first-order chi connectivity index (χ1) is 7.41. The number of hydrogen-bond donors (Lipinski definition) is 2. The third-order valence-corrected chi connectivity index (χ3v) is 3.54. The maximum absolute atomic E-state index is 11.7. The zero-order chi connectivity index (χ0) is 12.3. The van der Waals surface area contributed by atoms with Crippen LogP contribution in [0.25, 0.3) is 0 Å². The summed E-state index contributed by atoms with van der Waals surface area (Å²) in [7, 11) is 0. The molecule has 0 radical (unpaired) electrons. The topological polar surface area (TPSA) is 55.1 Å². The lowest BCUT2D eigenvalue weighted by atomic mass is 10.2. The van der Waals surface area contributed by atoms with Crippen molar-refractivity contribution in [1.29, 1.82) is 0 Å². The van der Waals surface area contributed by atoms with Gasteiger partial charge in [0.05, 0.1) is 16.1 Å². The molecule has 3 nitrogen and oxygen atoms in total. The molecule has 1 amide bonds. The molecule has 0 aliphatic carbocycles. The highest BCUT2D eigenvalue weighted by Crippen LogP contribution is 2.23. The van der Waals surface area contributed by atoms with Gasteiger partial charge in [-0.1, -0.05) is 23.8 Å². The summed E-state index contributed by atoms with van der Waals surface area (Å²) in [6, 6.07) is 4.61. The molecule has 0 aliphatic heterocycles. The van der Waals surface area contributed by atoms with E-state index in [2.05, 4.69) is 21.2 Å². The highest BCUT2D eigenvalue weighted by Gasteiger charge is 2.12. The lowest BCUT2D eigenvalue weighted by Gasteiger charge is -2.12. The lowest BCUT2D eigenvalue weighted by Crippen LogP contribution is -2.41. The molecule has 0 bridgehead atoms. The summed E-state index contributed by atoms with van der Waals surface area (Å²) in [6.45, 7) is 1.72. The molecule has 1 rings (SSSR count). The van der Waals surface area contributed by atoms with Crippen molar-refractivity contribution < 1.29 is 4.79 Å². The van der Waals surface area contributed by atoms with Crippen LogP contribution in [0.1, 0.15) is 17.3 Å². The van der Waals surface area contributed by atoms with Crippen LogP contribution in [0.3, 0.4) is 0 Å².